The monoisotopic (exact) mass is 1110 g/mol. The SMILES string of the molecule is CC/C=C\C/C=C\C/C=C\C/C=C\C/C=C\C/C=C\CCCCCCCCCCCCC(=O)OC(COC(=O)CCCCCCCCCCCCCCC/C=C\C/C=C\CCCCCCC)COP(=O)(O)OCC[N+](C)(C)C. The Hall–Kier alpha value is -3.07. The van der Waals surface area contributed by atoms with Gasteiger partial charge in [0.15, 0.2) is 6.10 Å². The van der Waals surface area contributed by atoms with Gasteiger partial charge in [-0.05, 0) is 96.3 Å². The molecular formula is C68H121NO8P+. The highest BCUT2D eigenvalue weighted by Gasteiger charge is 2.27. The summed E-state index contributed by atoms with van der Waals surface area (Å²) in [4.78, 5) is 35.8. The van der Waals surface area contributed by atoms with Crippen molar-refractivity contribution < 1.29 is 42.1 Å². The van der Waals surface area contributed by atoms with Crippen LogP contribution in [0.5, 0.6) is 0 Å². The fraction of sp³-hybridized carbons (Fsp3) is 0.735. The van der Waals surface area contributed by atoms with Gasteiger partial charge in [-0.25, -0.2) is 4.57 Å². The van der Waals surface area contributed by atoms with E-state index < -0.39 is 26.5 Å². The maximum absolute atomic E-state index is 12.9. The second-order valence-corrected chi connectivity index (χ2v) is 23.9. The van der Waals surface area contributed by atoms with Crippen molar-refractivity contribution in [1.29, 1.82) is 0 Å². The normalized spacial score (nSPS) is 13.9. The second-order valence-electron chi connectivity index (χ2n) is 22.4. The summed E-state index contributed by atoms with van der Waals surface area (Å²) in [6, 6.07) is 0. The van der Waals surface area contributed by atoms with Crippen LogP contribution in [0, 0.1) is 0 Å². The molecule has 0 fully saturated rings. The van der Waals surface area contributed by atoms with E-state index >= 15 is 0 Å². The number of phosphoric ester groups is 1. The summed E-state index contributed by atoms with van der Waals surface area (Å²) in [5, 5.41) is 0. The number of allylic oxidation sites excluding steroid dienone is 16. The second kappa shape index (κ2) is 58.6. The average Bonchev–Trinajstić information content (AvgIpc) is 3.41. The van der Waals surface area contributed by atoms with Gasteiger partial charge in [0.1, 0.15) is 19.8 Å². The number of esters is 2. The van der Waals surface area contributed by atoms with Crippen molar-refractivity contribution in [2.75, 3.05) is 47.5 Å². The summed E-state index contributed by atoms with van der Waals surface area (Å²) in [5.41, 5.74) is 0. The number of hydrogen-bond donors (Lipinski definition) is 1. The Morgan fingerprint density at radius 3 is 1.09 bits per heavy atom. The van der Waals surface area contributed by atoms with E-state index in [1.807, 2.05) is 21.1 Å². The van der Waals surface area contributed by atoms with Crippen molar-refractivity contribution >= 4 is 19.8 Å². The predicted octanol–water partition coefficient (Wildman–Crippen LogP) is 20.4. The molecule has 0 saturated heterocycles. The van der Waals surface area contributed by atoms with Crippen molar-refractivity contribution in [3.63, 3.8) is 0 Å². The van der Waals surface area contributed by atoms with E-state index in [1.165, 1.54) is 148 Å². The third-order valence-corrected chi connectivity index (χ3v) is 14.6. The molecule has 0 spiro atoms. The van der Waals surface area contributed by atoms with Gasteiger partial charge in [0.05, 0.1) is 27.7 Å². The van der Waals surface area contributed by atoms with Gasteiger partial charge < -0.3 is 18.9 Å². The number of carbonyl (C=O) groups is 2. The summed E-state index contributed by atoms with van der Waals surface area (Å²) in [5.74, 6) is -0.801. The molecule has 0 heterocycles. The number of rotatable bonds is 58. The molecule has 9 nitrogen and oxygen atoms in total. The Labute approximate surface area is 481 Å². The quantitative estimate of drug-likeness (QED) is 0.0211. The molecule has 78 heavy (non-hydrogen) atoms. The molecule has 2 atom stereocenters. The van der Waals surface area contributed by atoms with Gasteiger partial charge in [-0.15, -0.1) is 0 Å². The van der Waals surface area contributed by atoms with Gasteiger partial charge in [-0.1, -0.05) is 259 Å². The summed E-state index contributed by atoms with van der Waals surface area (Å²) in [7, 11) is 1.47. The van der Waals surface area contributed by atoms with Crippen molar-refractivity contribution in [2.45, 2.75) is 277 Å². The van der Waals surface area contributed by atoms with Crippen LogP contribution in [0.4, 0.5) is 0 Å². The fourth-order valence-corrected chi connectivity index (χ4v) is 9.44. The van der Waals surface area contributed by atoms with Crippen LogP contribution >= 0.6 is 7.82 Å². The highest BCUT2D eigenvalue weighted by molar-refractivity contribution is 7.47. The van der Waals surface area contributed by atoms with Gasteiger partial charge in [-0.2, -0.15) is 0 Å². The highest BCUT2D eigenvalue weighted by Crippen LogP contribution is 2.43. The number of unbranched alkanes of at least 4 members (excludes halogenated alkanes) is 28. The summed E-state index contributed by atoms with van der Waals surface area (Å²) < 4.78 is 34.7. The van der Waals surface area contributed by atoms with Crippen LogP contribution in [-0.4, -0.2) is 74.9 Å². The van der Waals surface area contributed by atoms with Crippen molar-refractivity contribution in [2.24, 2.45) is 0 Å². The van der Waals surface area contributed by atoms with Crippen LogP contribution in [0.25, 0.3) is 0 Å². The van der Waals surface area contributed by atoms with Crippen molar-refractivity contribution in [3.05, 3.63) is 97.2 Å². The molecule has 0 aliphatic carbocycles. The van der Waals surface area contributed by atoms with Crippen LogP contribution < -0.4 is 0 Å². The maximum atomic E-state index is 12.9. The first kappa shape index (κ1) is 74.9. The first-order chi connectivity index (χ1) is 38.0. The average molecular weight is 1110 g/mol. The molecule has 0 amide bonds. The van der Waals surface area contributed by atoms with Crippen LogP contribution in [-0.2, 0) is 32.7 Å². The minimum Gasteiger partial charge on any atom is -0.462 e. The predicted molar refractivity (Wildman–Crippen MR) is 335 cm³/mol. The number of likely N-dealkylation sites (N-methyl/N-ethyl adjacent to an activating group) is 1. The highest BCUT2D eigenvalue weighted by atomic mass is 31.2. The molecule has 2 unspecified atom stereocenters. The number of quaternary nitrogens is 1. The molecule has 0 bridgehead atoms. The van der Waals surface area contributed by atoms with E-state index in [0.29, 0.717) is 17.4 Å². The molecule has 0 aromatic rings. The lowest BCUT2D eigenvalue weighted by Crippen LogP contribution is -2.37. The van der Waals surface area contributed by atoms with Crippen molar-refractivity contribution in [1.82, 2.24) is 0 Å². The molecule has 0 aliphatic heterocycles. The lowest BCUT2D eigenvalue weighted by molar-refractivity contribution is -0.870. The van der Waals surface area contributed by atoms with Crippen LogP contribution in [0.3, 0.4) is 0 Å². The van der Waals surface area contributed by atoms with Gasteiger partial charge in [-0.3, -0.25) is 18.6 Å². The Balaban J connectivity index is 4.14. The summed E-state index contributed by atoms with van der Waals surface area (Å²) >= 11 is 0. The summed E-state index contributed by atoms with van der Waals surface area (Å²) in [6.07, 6.45) is 80.5. The number of nitrogens with zero attached hydrogens (tertiary/aromatic N) is 1. The van der Waals surface area contributed by atoms with Crippen LogP contribution in [0.1, 0.15) is 271 Å². The molecule has 0 aromatic heterocycles. The van der Waals surface area contributed by atoms with E-state index in [1.54, 1.807) is 0 Å². The summed E-state index contributed by atoms with van der Waals surface area (Å²) in [6.45, 7) is 4.32. The zero-order chi connectivity index (χ0) is 57.0. The van der Waals surface area contributed by atoms with Gasteiger partial charge >= 0.3 is 19.8 Å². The molecular weight excluding hydrogens is 990 g/mol. The smallest absolute Gasteiger partial charge is 0.462 e. The molecule has 10 heteroatoms. The topological polar surface area (TPSA) is 108 Å². The molecule has 0 saturated carbocycles. The number of ether oxygens (including phenoxy) is 2. The Morgan fingerprint density at radius 2 is 0.731 bits per heavy atom. The lowest BCUT2D eigenvalue weighted by atomic mass is 10.0. The number of phosphoric acid groups is 1. The van der Waals surface area contributed by atoms with Crippen LogP contribution in [0.15, 0.2) is 97.2 Å². The third kappa shape index (κ3) is 62.1. The Bertz CT molecular complexity index is 1640. The molecule has 1 N–H and O–H groups in total. The molecule has 0 radical (unpaired) electrons. The van der Waals surface area contributed by atoms with Gasteiger partial charge in [0.2, 0.25) is 0 Å². The minimum atomic E-state index is -4.40. The zero-order valence-electron chi connectivity index (χ0n) is 51.1. The minimum absolute atomic E-state index is 0.0270. The zero-order valence-corrected chi connectivity index (χ0v) is 52.0. The van der Waals surface area contributed by atoms with E-state index in [4.69, 9.17) is 18.5 Å². The van der Waals surface area contributed by atoms with Gasteiger partial charge in [0.25, 0.3) is 0 Å². The van der Waals surface area contributed by atoms with E-state index in [9.17, 15) is 19.0 Å². The van der Waals surface area contributed by atoms with E-state index in [-0.39, 0.29) is 32.0 Å². The van der Waals surface area contributed by atoms with E-state index in [0.717, 1.165) is 89.9 Å². The lowest BCUT2D eigenvalue weighted by Gasteiger charge is -2.24. The Kier molecular flexibility index (Phi) is 56.3. The molecule has 0 aromatic carbocycles. The number of carbonyl (C=O) groups excluding carboxylic acids is 2. The largest absolute Gasteiger partial charge is 0.472 e. The molecule has 0 rings (SSSR count). The standard InChI is InChI=1S/C68H120NO8P/c1-6-8-10-12-14-16-18-20-22-24-26-28-30-32-33-34-35-37-39-41-43-45-47-49-51-53-55-57-59-61-68(71)77-66(65-76-78(72,73)75-63-62-69(3,4)5)64-74-67(70)60-58-56-54-52-50-48-46-44-42-40-38-36-31-29-27-25-23-21-19-17-15-13-11-9-7-2/h8,10,14,16,19-22,25-28,32-33,35,37,66H,6-7,9,11-13,15,17-18,23-24,29-31,34,36,38-65H2,1-5H3/p+1/b10-8-,16-14-,21-19-,22-20-,27-25-,28-26-,33-32-,37-35-. The number of hydrogen-bond acceptors (Lipinski definition) is 7. The first-order valence-electron chi connectivity index (χ1n) is 32.0. The van der Waals surface area contributed by atoms with Crippen molar-refractivity contribution in [3.8, 4) is 0 Å². The third-order valence-electron chi connectivity index (χ3n) is 13.6. The van der Waals surface area contributed by atoms with Gasteiger partial charge in [0, 0.05) is 12.8 Å². The van der Waals surface area contributed by atoms with E-state index in [2.05, 4.69) is 111 Å². The Morgan fingerprint density at radius 1 is 0.410 bits per heavy atom. The fourth-order valence-electron chi connectivity index (χ4n) is 8.70. The van der Waals surface area contributed by atoms with Crippen LogP contribution in [0.2, 0.25) is 0 Å². The maximum Gasteiger partial charge on any atom is 0.472 e. The first-order valence-corrected chi connectivity index (χ1v) is 33.5. The molecule has 450 valence electrons. The molecule has 0 aliphatic rings.